The molecule has 2 nitrogen and oxygen atoms in total. The first-order valence-corrected chi connectivity index (χ1v) is 3.11. The first-order chi connectivity index (χ1) is 3.68. The van der Waals surface area contributed by atoms with E-state index in [0.717, 1.165) is 25.8 Å². The van der Waals surface area contributed by atoms with Gasteiger partial charge in [-0.25, -0.2) is 0 Å². The van der Waals surface area contributed by atoms with Crippen molar-refractivity contribution in [2.75, 3.05) is 6.54 Å². The minimum Gasteiger partial charge on any atom is -0.390 e. The van der Waals surface area contributed by atoms with E-state index in [9.17, 15) is 5.11 Å². The van der Waals surface area contributed by atoms with Crippen molar-refractivity contribution < 1.29 is 5.11 Å². The van der Waals surface area contributed by atoms with Crippen LogP contribution in [0, 0.1) is 5.41 Å². The van der Waals surface area contributed by atoms with Gasteiger partial charge in [-0.2, -0.15) is 0 Å². The predicted molar refractivity (Wildman–Crippen MR) is 30.3 cm³/mol. The fourth-order valence-corrected chi connectivity index (χ4v) is 2.16. The van der Waals surface area contributed by atoms with E-state index >= 15 is 0 Å². The Morgan fingerprint density at radius 1 is 1.38 bits per heavy atom. The maximum atomic E-state index is 9.22. The summed E-state index contributed by atoms with van der Waals surface area (Å²) in [4.78, 5) is 0. The summed E-state index contributed by atoms with van der Waals surface area (Å²) in [7, 11) is 0. The topological polar surface area (TPSA) is 46.2 Å². The molecule has 0 amide bonds. The fourth-order valence-electron chi connectivity index (χ4n) is 2.16. The van der Waals surface area contributed by atoms with E-state index in [4.69, 9.17) is 5.73 Å². The van der Waals surface area contributed by atoms with E-state index < -0.39 is 0 Å². The van der Waals surface area contributed by atoms with Crippen LogP contribution in [0.5, 0.6) is 0 Å². The van der Waals surface area contributed by atoms with Crippen molar-refractivity contribution in [2.24, 2.45) is 11.1 Å². The Bertz CT molecular complexity index is 113. The fraction of sp³-hybridized carbons (Fsp3) is 1.00. The third-order valence-corrected chi connectivity index (χ3v) is 2.55. The molecule has 3 saturated carbocycles. The Hall–Kier alpha value is -0.0800. The second-order valence-corrected chi connectivity index (χ2v) is 3.46. The van der Waals surface area contributed by atoms with Crippen molar-refractivity contribution in [3.8, 4) is 0 Å². The minimum absolute atomic E-state index is 0.251. The number of nitrogens with two attached hydrogens (primary N) is 1. The molecule has 3 rings (SSSR count). The highest BCUT2D eigenvalue weighted by Crippen LogP contribution is 2.66. The largest absolute Gasteiger partial charge is 0.390 e. The van der Waals surface area contributed by atoms with Crippen molar-refractivity contribution in [3.05, 3.63) is 0 Å². The maximum absolute atomic E-state index is 9.22. The van der Waals surface area contributed by atoms with Gasteiger partial charge < -0.3 is 10.8 Å². The van der Waals surface area contributed by atoms with Gasteiger partial charge in [0.2, 0.25) is 0 Å². The molecule has 0 aromatic carbocycles. The molecule has 0 aliphatic heterocycles. The lowest BCUT2D eigenvalue weighted by molar-refractivity contribution is -0.253. The number of hydrogen-bond donors (Lipinski definition) is 2. The summed E-state index contributed by atoms with van der Waals surface area (Å²) in [5, 5.41) is 9.22. The van der Waals surface area contributed by atoms with E-state index in [-0.39, 0.29) is 5.60 Å². The van der Waals surface area contributed by atoms with Crippen LogP contribution in [0.4, 0.5) is 0 Å². The van der Waals surface area contributed by atoms with Crippen LogP contribution in [-0.2, 0) is 0 Å². The van der Waals surface area contributed by atoms with Crippen LogP contribution < -0.4 is 5.73 Å². The number of aliphatic hydroxyl groups is 1. The van der Waals surface area contributed by atoms with Crippen LogP contribution in [0.1, 0.15) is 19.3 Å². The normalized spacial score (nSPS) is 59.2. The summed E-state index contributed by atoms with van der Waals surface area (Å²) in [5.41, 5.74) is 5.60. The summed E-state index contributed by atoms with van der Waals surface area (Å²) < 4.78 is 0. The van der Waals surface area contributed by atoms with E-state index in [1.165, 1.54) is 0 Å². The van der Waals surface area contributed by atoms with Crippen molar-refractivity contribution in [3.63, 3.8) is 0 Å². The first kappa shape index (κ1) is 4.77. The van der Waals surface area contributed by atoms with E-state index in [2.05, 4.69) is 0 Å². The van der Waals surface area contributed by atoms with Crippen LogP contribution in [0.25, 0.3) is 0 Å². The van der Waals surface area contributed by atoms with Gasteiger partial charge >= 0.3 is 0 Å². The molecule has 46 valence electrons. The molecule has 0 atom stereocenters. The average Bonchev–Trinajstić information content (AvgIpc) is 1.55. The van der Waals surface area contributed by atoms with Gasteiger partial charge in [-0.3, -0.25) is 0 Å². The molecule has 0 unspecified atom stereocenters. The predicted octanol–water partition coefficient (Wildman–Crippen LogP) is -0.140. The molecule has 0 spiro atoms. The van der Waals surface area contributed by atoms with Crippen molar-refractivity contribution in [2.45, 2.75) is 24.9 Å². The molecule has 0 heterocycles. The molecule has 2 bridgehead atoms. The van der Waals surface area contributed by atoms with Gasteiger partial charge in [0.05, 0.1) is 5.60 Å². The molecular formula is C6H11NO. The van der Waals surface area contributed by atoms with Crippen LogP contribution in [0.15, 0.2) is 0 Å². The third-order valence-electron chi connectivity index (χ3n) is 2.55. The highest BCUT2D eigenvalue weighted by atomic mass is 16.3. The van der Waals surface area contributed by atoms with Gasteiger partial charge in [0.1, 0.15) is 0 Å². The molecule has 3 fully saturated rings. The number of hydrogen-bond acceptors (Lipinski definition) is 2. The molecule has 8 heavy (non-hydrogen) atoms. The molecular weight excluding hydrogens is 102 g/mol. The minimum atomic E-state index is -0.251. The first-order valence-electron chi connectivity index (χ1n) is 3.11. The van der Waals surface area contributed by atoms with Gasteiger partial charge in [-0.15, -0.1) is 0 Å². The lowest BCUT2D eigenvalue weighted by atomic mass is 9.41. The Labute approximate surface area is 48.7 Å². The highest BCUT2D eigenvalue weighted by molar-refractivity contribution is 5.18. The molecule has 3 aliphatic carbocycles. The summed E-state index contributed by atoms with van der Waals surface area (Å²) in [6.45, 7) is 0.773. The van der Waals surface area contributed by atoms with Crippen LogP contribution in [0.2, 0.25) is 0 Å². The lowest BCUT2D eigenvalue weighted by Gasteiger charge is -2.67. The monoisotopic (exact) mass is 113 g/mol. The second kappa shape index (κ2) is 0.957. The molecule has 0 radical (unpaired) electrons. The summed E-state index contributed by atoms with van der Waals surface area (Å²) in [5.74, 6) is 0. The van der Waals surface area contributed by atoms with Gasteiger partial charge in [0.15, 0.2) is 0 Å². The lowest BCUT2D eigenvalue weighted by Crippen LogP contribution is -2.69. The molecule has 3 N–H and O–H groups in total. The quantitative estimate of drug-likeness (QED) is 0.497. The van der Waals surface area contributed by atoms with Crippen molar-refractivity contribution >= 4 is 0 Å². The van der Waals surface area contributed by atoms with E-state index in [1.807, 2.05) is 0 Å². The summed E-state index contributed by atoms with van der Waals surface area (Å²) in [6.07, 6.45) is 2.91. The Balaban J connectivity index is 2.04. The summed E-state index contributed by atoms with van der Waals surface area (Å²) in [6, 6.07) is 0. The molecule has 3 aliphatic rings. The SMILES string of the molecule is NCC12CC(O)(C1)C2. The zero-order valence-electron chi connectivity index (χ0n) is 4.85. The van der Waals surface area contributed by atoms with Crippen molar-refractivity contribution in [1.82, 2.24) is 0 Å². The van der Waals surface area contributed by atoms with Crippen LogP contribution >= 0.6 is 0 Å². The van der Waals surface area contributed by atoms with Crippen LogP contribution in [-0.4, -0.2) is 17.3 Å². The second-order valence-electron chi connectivity index (χ2n) is 3.46. The average molecular weight is 113 g/mol. The molecule has 0 saturated heterocycles. The molecule has 2 heteroatoms. The molecule has 0 aromatic heterocycles. The Morgan fingerprint density at radius 2 is 1.88 bits per heavy atom. The van der Waals surface area contributed by atoms with E-state index in [1.54, 1.807) is 0 Å². The maximum Gasteiger partial charge on any atom is 0.0665 e. The Morgan fingerprint density at radius 3 is 2.00 bits per heavy atom. The molecule has 0 aromatic rings. The van der Waals surface area contributed by atoms with E-state index in [0.29, 0.717) is 5.41 Å². The zero-order chi connectivity index (χ0) is 5.83. The third kappa shape index (κ3) is 0.327. The standard InChI is InChI=1S/C6H11NO/c7-4-5-1-6(8,2-5)3-5/h8H,1-4,7H2. The number of rotatable bonds is 1. The summed E-state index contributed by atoms with van der Waals surface area (Å²) >= 11 is 0. The van der Waals surface area contributed by atoms with Gasteiger partial charge in [-0.05, 0) is 31.2 Å². The van der Waals surface area contributed by atoms with Crippen LogP contribution in [0.3, 0.4) is 0 Å². The van der Waals surface area contributed by atoms with Gasteiger partial charge in [0.25, 0.3) is 0 Å². The smallest absolute Gasteiger partial charge is 0.0665 e. The van der Waals surface area contributed by atoms with Crippen molar-refractivity contribution in [1.29, 1.82) is 0 Å². The van der Waals surface area contributed by atoms with Gasteiger partial charge in [0, 0.05) is 0 Å². The zero-order valence-corrected chi connectivity index (χ0v) is 4.85. The Kier molecular flexibility index (Phi) is 0.570. The van der Waals surface area contributed by atoms with Gasteiger partial charge in [-0.1, -0.05) is 0 Å². The highest BCUT2D eigenvalue weighted by Gasteiger charge is 2.66.